The number of hydrogen-bond acceptors (Lipinski definition) is 3. The van der Waals surface area contributed by atoms with Crippen molar-refractivity contribution in [1.82, 2.24) is 10.2 Å². The molecule has 1 aromatic rings. The fraction of sp³-hybridized carbons (Fsp3) is 0.611. The van der Waals surface area contributed by atoms with Gasteiger partial charge in [-0.15, -0.1) is 0 Å². The minimum absolute atomic E-state index is 0.0585. The second-order valence-electron chi connectivity index (χ2n) is 6.66. The van der Waals surface area contributed by atoms with Crippen LogP contribution in [0.2, 0.25) is 0 Å². The summed E-state index contributed by atoms with van der Waals surface area (Å²) in [4.78, 5) is 14.4. The molecule has 2 rings (SSSR count). The second-order valence-corrected chi connectivity index (χ2v) is 6.66. The van der Waals surface area contributed by atoms with Crippen LogP contribution < -0.4 is 5.32 Å². The first-order chi connectivity index (χ1) is 10.9. The Hall–Kier alpha value is -1.46. The summed E-state index contributed by atoms with van der Waals surface area (Å²) >= 11 is 0. The first-order valence-electron chi connectivity index (χ1n) is 8.32. The number of aliphatic hydroxyl groups is 1. The molecule has 1 aliphatic carbocycles. The Morgan fingerprint density at radius 1 is 1.35 bits per heavy atom. The zero-order valence-electron chi connectivity index (χ0n) is 14.1. The van der Waals surface area contributed by atoms with Crippen molar-refractivity contribution in [2.45, 2.75) is 51.3 Å². The van der Waals surface area contributed by atoms with E-state index in [1.165, 1.54) is 12.1 Å². The Balaban J connectivity index is 1.87. The summed E-state index contributed by atoms with van der Waals surface area (Å²) in [5, 5.41) is 12.9. The van der Waals surface area contributed by atoms with Crippen LogP contribution in [0.25, 0.3) is 0 Å². The smallest absolute Gasteiger partial charge is 0.237 e. The lowest BCUT2D eigenvalue weighted by molar-refractivity contribution is -0.126. The quantitative estimate of drug-likeness (QED) is 0.846. The third kappa shape index (κ3) is 4.75. The minimum Gasteiger partial charge on any atom is -0.393 e. The van der Waals surface area contributed by atoms with Gasteiger partial charge < -0.3 is 10.4 Å². The van der Waals surface area contributed by atoms with Crippen LogP contribution in [0.1, 0.15) is 44.7 Å². The van der Waals surface area contributed by atoms with Crippen LogP contribution in [0.4, 0.5) is 4.39 Å². The van der Waals surface area contributed by atoms with Gasteiger partial charge in [0.15, 0.2) is 0 Å². The van der Waals surface area contributed by atoms with Crippen LogP contribution in [-0.4, -0.2) is 41.7 Å². The Bertz CT molecular complexity index is 520. The molecular formula is C18H27FN2O2. The second kappa shape index (κ2) is 7.88. The van der Waals surface area contributed by atoms with Crippen LogP contribution in [0.5, 0.6) is 0 Å². The number of likely N-dealkylation sites (N-methyl/N-ethyl adjacent to an activating group) is 1. The lowest BCUT2D eigenvalue weighted by atomic mass is 10.0. The molecular weight excluding hydrogens is 295 g/mol. The number of aliphatic hydroxyl groups excluding tert-OH is 1. The molecule has 0 aromatic heterocycles. The maximum absolute atomic E-state index is 13.0. The Kier molecular flexibility index (Phi) is 6.13. The van der Waals surface area contributed by atoms with E-state index < -0.39 is 0 Å². The topological polar surface area (TPSA) is 52.6 Å². The first kappa shape index (κ1) is 17.9. The van der Waals surface area contributed by atoms with E-state index in [-0.39, 0.29) is 35.8 Å². The van der Waals surface area contributed by atoms with Gasteiger partial charge in [0.2, 0.25) is 5.91 Å². The fourth-order valence-electron chi connectivity index (χ4n) is 3.13. The molecule has 4 unspecified atom stereocenters. The summed E-state index contributed by atoms with van der Waals surface area (Å²) in [6.07, 6.45) is 2.69. The predicted octanol–water partition coefficient (Wildman–Crippen LogP) is 2.48. The molecule has 1 aliphatic rings. The number of nitrogens with one attached hydrogen (secondary N) is 1. The molecule has 0 aliphatic heterocycles. The Labute approximate surface area is 137 Å². The van der Waals surface area contributed by atoms with E-state index in [1.807, 2.05) is 25.8 Å². The molecule has 0 heterocycles. The van der Waals surface area contributed by atoms with Crippen molar-refractivity contribution in [3.63, 3.8) is 0 Å². The summed E-state index contributed by atoms with van der Waals surface area (Å²) in [6, 6.07) is 5.72. The molecule has 1 aromatic carbocycles. The van der Waals surface area contributed by atoms with Crippen LogP contribution in [-0.2, 0) is 4.79 Å². The van der Waals surface area contributed by atoms with Crippen LogP contribution in [0.15, 0.2) is 24.3 Å². The van der Waals surface area contributed by atoms with E-state index in [2.05, 4.69) is 5.32 Å². The monoisotopic (exact) mass is 322 g/mol. The number of benzene rings is 1. The summed E-state index contributed by atoms with van der Waals surface area (Å²) in [7, 11) is 1.91. The third-order valence-corrected chi connectivity index (χ3v) is 4.91. The van der Waals surface area contributed by atoms with Gasteiger partial charge in [-0.1, -0.05) is 18.6 Å². The average Bonchev–Trinajstić information content (AvgIpc) is 2.92. The minimum atomic E-state index is -0.282. The molecule has 4 atom stereocenters. The van der Waals surface area contributed by atoms with Crippen molar-refractivity contribution in [3.05, 3.63) is 35.6 Å². The van der Waals surface area contributed by atoms with E-state index >= 15 is 0 Å². The molecule has 1 fully saturated rings. The van der Waals surface area contributed by atoms with Crippen molar-refractivity contribution in [2.24, 2.45) is 5.92 Å². The molecule has 1 saturated carbocycles. The fourth-order valence-corrected chi connectivity index (χ4v) is 3.13. The molecule has 0 bridgehead atoms. The lowest BCUT2D eigenvalue weighted by Gasteiger charge is -2.29. The van der Waals surface area contributed by atoms with Crippen molar-refractivity contribution >= 4 is 5.91 Å². The number of carbonyl (C=O) groups is 1. The highest BCUT2D eigenvalue weighted by molar-refractivity contribution is 5.81. The zero-order valence-corrected chi connectivity index (χ0v) is 14.1. The van der Waals surface area contributed by atoms with Crippen LogP contribution >= 0.6 is 0 Å². The molecule has 5 heteroatoms. The van der Waals surface area contributed by atoms with Gasteiger partial charge in [0.05, 0.1) is 18.2 Å². The third-order valence-electron chi connectivity index (χ3n) is 4.91. The Morgan fingerprint density at radius 3 is 2.57 bits per heavy atom. The predicted molar refractivity (Wildman–Crippen MR) is 88.4 cm³/mol. The summed E-state index contributed by atoms with van der Waals surface area (Å²) in [5.74, 6) is -0.0860. The number of nitrogens with zero attached hydrogens (tertiary/aromatic N) is 1. The van der Waals surface area contributed by atoms with Crippen molar-refractivity contribution in [2.75, 3.05) is 13.6 Å². The normalized spacial score (nSPS) is 23.7. The number of amides is 1. The van der Waals surface area contributed by atoms with Crippen LogP contribution in [0, 0.1) is 11.7 Å². The highest BCUT2D eigenvalue weighted by Gasteiger charge is 2.29. The molecule has 0 saturated heterocycles. The van der Waals surface area contributed by atoms with E-state index in [4.69, 9.17) is 0 Å². The summed E-state index contributed by atoms with van der Waals surface area (Å²) < 4.78 is 13.0. The average molecular weight is 322 g/mol. The summed E-state index contributed by atoms with van der Waals surface area (Å²) in [6.45, 7) is 4.48. The van der Waals surface area contributed by atoms with Crippen molar-refractivity contribution in [1.29, 1.82) is 0 Å². The van der Waals surface area contributed by atoms with Gasteiger partial charge in [0.25, 0.3) is 0 Å². The van der Waals surface area contributed by atoms with E-state index in [0.29, 0.717) is 0 Å². The Morgan fingerprint density at radius 2 is 2.00 bits per heavy atom. The van der Waals surface area contributed by atoms with Gasteiger partial charge >= 0.3 is 0 Å². The number of hydrogen-bond donors (Lipinski definition) is 2. The zero-order chi connectivity index (χ0) is 17.0. The molecule has 128 valence electrons. The highest BCUT2D eigenvalue weighted by Crippen LogP contribution is 2.26. The van der Waals surface area contributed by atoms with Gasteiger partial charge in [-0.2, -0.15) is 0 Å². The largest absolute Gasteiger partial charge is 0.393 e. The highest BCUT2D eigenvalue weighted by atomic mass is 19.1. The molecule has 4 nitrogen and oxygen atoms in total. The van der Waals surface area contributed by atoms with Crippen LogP contribution in [0.3, 0.4) is 0 Å². The maximum Gasteiger partial charge on any atom is 0.237 e. The van der Waals surface area contributed by atoms with Gasteiger partial charge in [-0.05, 0) is 57.4 Å². The van der Waals surface area contributed by atoms with Gasteiger partial charge in [0.1, 0.15) is 5.82 Å². The standard InChI is InChI=1S/C18H27FN2O2/c1-12(14-7-9-16(19)10-8-14)20-18(23)13(2)21(3)11-15-5-4-6-17(15)22/h7-10,12-13,15,17,22H,4-6,11H2,1-3H3,(H,20,23). The van der Waals surface area contributed by atoms with Crippen molar-refractivity contribution in [3.8, 4) is 0 Å². The number of halogens is 1. The number of rotatable bonds is 6. The SMILES string of the molecule is CC(NC(=O)C(C)N(C)CC1CCCC1O)c1ccc(F)cc1. The molecule has 1 amide bonds. The van der Waals surface area contributed by atoms with Gasteiger partial charge in [-0.3, -0.25) is 9.69 Å². The molecule has 23 heavy (non-hydrogen) atoms. The molecule has 0 spiro atoms. The summed E-state index contributed by atoms with van der Waals surface area (Å²) in [5.41, 5.74) is 0.876. The molecule has 2 N–H and O–H groups in total. The lowest BCUT2D eigenvalue weighted by Crippen LogP contribution is -2.46. The maximum atomic E-state index is 13.0. The van der Waals surface area contributed by atoms with Gasteiger partial charge in [0, 0.05) is 6.54 Å². The molecule has 0 radical (unpaired) electrons. The number of carbonyl (C=O) groups excluding carboxylic acids is 1. The van der Waals surface area contributed by atoms with E-state index in [0.717, 1.165) is 31.4 Å². The van der Waals surface area contributed by atoms with Crippen molar-refractivity contribution < 1.29 is 14.3 Å². The van der Waals surface area contributed by atoms with E-state index in [9.17, 15) is 14.3 Å². The first-order valence-corrected chi connectivity index (χ1v) is 8.32. The van der Waals surface area contributed by atoms with Gasteiger partial charge in [-0.25, -0.2) is 4.39 Å². The van der Waals surface area contributed by atoms with E-state index in [1.54, 1.807) is 12.1 Å².